The number of carbonyl (C=O) groups excluding carboxylic acids is 2. The fourth-order valence-electron chi connectivity index (χ4n) is 4.54. The van der Waals surface area contributed by atoms with E-state index in [0.717, 1.165) is 36.1 Å². The third kappa shape index (κ3) is 5.82. The summed E-state index contributed by atoms with van der Waals surface area (Å²) >= 11 is 1.53. The first-order chi connectivity index (χ1) is 17.0. The summed E-state index contributed by atoms with van der Waals surface area (Å²) in [6.45, 7) is 3.40. The molecule has 0 unspecified atom stereocenters. The number of benzene rings is 1. The first-order valence-corrected chi connectivity index (χ1v) is 12.9. The quantitative estimate of drug-likeness (QED) is 0.507. The second-order valence-electron chi connectivity index (χ2n) is 8.76. The van der Waals surface area contributed by atoms with Crippen molar-refractivity contribution >= 4 is 23.2 Å². The van der Waals surface area contributed by atoms with Crippen molar-refractivity contribution in [1.29, 1.82) is 0 Å². The Balaban J connectivity index is 1.69. The number of methoxy groups -OCH3 is 1. The average molecular weight is 494 g/mol. The average Bonchev–Trinajstić information content (AvgIpc) is 3.41. The van der Waals surface area contributed by atoms with Crippen LogP contribution in [0, 0.1) is 0 Å². The van der Waals surface area contributed by atoms with Crippen LogP contribution in [0.3, 0.4) is 0 Å². The van der Waals surface area contributed by atoms with Crippen molar-refractivity contribution in [3.8, 4) is 5.75 Å². The molecule has 2 aromatic heterocycles. The molecule has 184 valence electrons. The summed E-state index contributed by atoms with van der Waals surface area (Å²) in [6.07, 6.45) is 6.89. The molecule has 0 bridgehead atoms. The van der Waals surface area contributed by atoms with Crippen molar-refractivity contribution in [2.24, 2.45) is 0 Å². The minimum atomic E-state index is -0.527. The monoisotopic (exact) mass is 493 g/mol. The Labute approximate surface area is 209 Å². The number of nitrogens with one attached hydrogen (secondary N) is 1. The molecular weight excluding hydrogens is 462 g/mol. The molecule has 0 saturated carbocycles. The number of thiophene rings is 1. The molecule has 3 heterocycles. The lowest BCUT2D eigenvalue weighted by atomic mass is 9.98. The number of likely N-dealkylation sites (tertiary alicyclic amines) is 1. The van der Waals surface area contributed by atoms with Gasteiger partial charge in [-0.25, -0.2) is 0 Å². The molecule has 8 heteroatoms. The lowest BCUT2D eigenvalue weighted by Gasteiger charge is -2.35. The van der Waals surface area contributed by atoms with E-state index >= 15 is 0 Å². The van der Waals surface area contributed by atoms with Gasteiger partial charge in [-0.05, 0) is 54.8 Å². The van der Waals surface area contributed by atoms with Crippen LogP contribution in [0.2, 0.25) is 0 Å². The van der Waals surface area contributed by atoms with E-state index in [-0.39, 0.29) is 23.1 Å². The van der Waals surface area contributed by atoms with E-state index in [1.807, 2.05) is 46.7 Å². The van der Waals surface area contributed by atoms with E-state index in [9.17, 15) is 14.4 Å². The first-order valence-electron chi connectivity index (χ1n) is 12.0. The second-order valence-corrected chi connectivity index (χ2v) is 9.79. The van der Waals surface area contributed by atoms with Crippen LogP contribution in [0.15, 0.2) is 59.0 Å². The Bertz CT molecular complexity index is 1240. The molecule has 3 aromatic rings. The van der Waals surface area contributed by atoms with E-state index < -0.39 is 11.3 Å². The Morgan fingerprint density at radius 3 is 2.71 bits per heavy atom. The normalized spacial score (nSPS) is 15.6. The molecule has 1 fully saturated rings. The highest BCUT2D eigenvalue weighted by atomic mass is 32.1. The summed E-state index contributed by atoms with van der Waals surface area (Å²) in [6, 6.07) is 11.5. The van der Waals surface area contributed by atoms with Crippen LogP contribution in [0.1, 0.15) is 63.8 Å². The summed E-state index contributed by atoms with van der Waals surface area (Å²) in [5.74, 6) is -0.0650. The van der Waals surface area contributed by atoms with Gasteiger partial charge in [0, 0.05) is 36.4 Å². The van der Waals surface area contributed by atoms with Gasteiger partial charge in [0.25, 0.3) is 11.8 Å². The molecule has 1 N–H and O–H groups in total. The molecular formula is C27H31N3O4S. The van der Waals surface area contributed by atoms with E-state index in [1.54, 1.807) is 17.9 Å². The number of amides is 2. The molecule has 7 nitrogen and oxygen atoms in total. The van der Waals surface area contributed by atoms with Gasteiger partial charge in [0.1, 0.15) is 16.9 Å². The summed E-state index contributed by atoms with van der Waals surface area (Å²) in [5, 5.41) is 4.77. The number of hydrogen-bond donors (Lipinski definition) is 1. The van der Waals surface area contributed by atoms with Gasteiger partial charge >= 0.3 is 0 Å². The fraction of sp³-hybridized carbons (Fsp3) is 0.370. The summed E-state index contributed by atoms with van der Waals surface area (Å²) in [7, 11) is 1.61. The SMILES string of the molecule is CC[C@H]1CCCCN1C(=O)c1cn(Cc2cccc(OC)c2)cc(C(=O)NCc2cccs2)c1=O. The number of rotatable bonds is 8. The van der Waals surface area contributed by atoms with Crippen LogP contribution in [0.25, 0.3) is 0 Å². The summed E-state index contributed by atoms with van der Waals surface area (Å²) in [5.41, 5.74) is 0.416. The highest BCUT2D eigenvalue weighted by molar-refractivity contribution is 7.09. The van der Waals surface area contributed by atoms with Gasteiger partial charge in [0.2, 0.25) is 5.43 Å². The van der Waals surface area contributed by atoms with Crippen LogP contribution in [0.4, 0.5) is 0 Å². The maximum absolute atomic E-state index is 13.6. The maximum atomic E-state index is 13.6. The van der Waals surface area contributed by atoms with Crippen molar-refractivity contribution in [1.82, 2.24) is 14.8 Å². The Hall–Kier alpha value is -3.39. The van der Waals surface area contributed by atoms with Gasteiger partial charge in [-0.15, -0.1) is 11.3 Å². The molecule has 1 aliphatic rings. The minimum absolute atomic E-state index is 0.0274. The standard InChI is InChI=1S/C27H31N3O4S/c1-3-20-9-4-5-12-30(20)27(33)24-18-29(16-19-8-6-10-21(14-19)34-2)17-23(25(24)31)26(32)28-15-22-11-7-13-35-22/h6-8,10-11,13-14,17-18,20H,3-5,9,12,15-16H2,1-2H3,(H,28,32)/t20-/m0/s1. The third-order valence-corrected chi connectivity index (χ3v) is 7.29. The zero-order chi connectivity index (χ0) is 24.8. The highest BCUT2D eigenvalue weighted by Crippen LogP contribution is 2.22. The zero-order valence-electron chi connectivity index (χ0n) is 20.2. The molecule has 1 atom stereocenters. The second kappa shape index (κ2) is 11.4. The summed E-state index contributed by atoms with van der Waals surface area (Å²) < 4.78 is 7.07. The molecule has 0 spiro atoms. The predicted molar refractivity (Wildman–Crippen MR) is 137 cm³/mol. The van der Waals surface area contributed by atoms with E-state index in [4.69, 9.17) is 4.74 Å². The van der Waals surface area contributed by atoms with Gasteiger partial charge in [0.05, 0.1) is 13.7 Å². The van der Waals surface area contributed by atoms with Gasteiger partial charge < -0.3 is 19.5 Å². The van der Waals surface area contributed by atoms with Gasteiger partial charge in [0.15, 0.2) is 0 Å². The molecule has 2 amide bonds. The molecule has 1 saturated heterocycles. The number of hydrogen-bond acceptors (Lipinski definition) is 5. The zero-order valence-corrected chi connectivity index (χ0v) is 21.0. The van der Waals surface area contributed by atoms with E-state index in [0.29, 0.717) is 25.4 Å². The lowest BCUT2D eigenvalue weighted by Crippen LogP contribution is -2.45. The highest BCUT2D eigenvalue weighted by Gasteiger charge is 2.29. The van der Waals surface area contributed by atoms with Crippen molar-refractivity contribution < 1.29 is 14.3 Å². The Morgan fingerprint density at radius 1 is 1.14 bits per heavy atom. The van der Waals surface area contributed by atoms with Gasteiger partial charge in [-0.2, -0.15) is 0 Å². The van der Waals surface area contributed by atoms with Gasteiger partial charge in [-0.3, -0.25) is 14.4 Å². The van der Waals surface area contributed by atoms with E-state index in [1.165, 1.54) is 17.5 Å². The topological polar surface area (TPSA) is 80.6 Å². The maximum Gasteiger partial charge on any atom is 0.259 e. The van der Waals surface area contributed by atoms with E-state index in [2.05, 4.69) is 12.2 Å². The number of pyridine rings is 1. The van der Waals surface area contributed by atoms with Crippen molar-refractivity contribution in [3.05, 3.63) is 86.0 Å². The number of piperidine rings is 1. The van der Waals surface area contributed by atoms with Crippen LogP contribution in [0.5, 0.6) is 5.75 Å². The van der Waals surface area contributed by atoms with Crippen molar-refractivity contribution in [2.75, 3.05) is 13.7 Å². The number of nitrogens with zero attached hydrogens (tertiary/aromatic N) is 2. The van der Waals surface area contributed by atoms with Gasteiger partial charge in [-0.1, -0.05) is 25.1 Å². The fourth-order valence-corrected chi connectivity index (χ4v) is 5.19. The van der Waals surface area contributed by atoms with Crippen LogP contribution in [-0.4, -0.2) is 41.0 Å². The third-order valence-electron chi connectivity index (χ3n) is 6.42. The molecule has 4 rings (SSSR count). The number of carbonyl (C=O) groups is 2. The molecule has 35 heavy (non-hydrogen) atoms. The molecule has 0 radical (unpaired) electrons. The minimum Gasteiger partial charge on any atom is -0.497 e. The number of aromatic nitrogens is 1. The van der Waals surface area contributed by atoms with Crippen LogP contribution in [-0.2, 0) is 13.1 Å². The Morgan fingerprint density at radius 2 is 1.97 bits per heavy atom. The molecule has 1 aromatic carbocycles. The molecule has 1 aliphatic heterocycles. The van der Waals surface area contributed by atoms with Crippen molar-refractivity contribution in [2.45, 2.75) is 51.7 Å². The van der Waals surface area contributed by atoms with Crippen LogP contribution < -0.4 is 15.5 Å². The predicted octanol–water partition coefficient (Wildman–Crippen LogP) is 4.30. The largest absolute Gasteiger partial charge is 0.497 e. The summed E-state index contributed by atoms with van der Waals surface area (Å²) in [4.78, 5) is 42.9. The van der Waals surface area contributed by atoms with Crippen molar-refractivity contribution in [3.63, 3.8) is 0 Å². The smallest absolute Gasteiger partial charge is 0.259 e. The molecule has 0 aliphatic carbocycles. The Kier molecular flexibility index (Phi) is 8.02. The lowest BCUT2D eigenvalue weighted by molar-refractivity contribution is 0.0605. The van der Waals surface area contributed by atoms with Crippen LogP contribution >= 0.6 is 11.3 Å². The number of ether oxygens (including phenoxy) is 1. The first kappa shape index (κ1) is 24.7.